The Bertz CT molecular complexity index is 415. The molecule has 7 nitrogen and oxygen atoms in total. The summed E-state index contributed by atoms with van der Waals surface area (Å²) in [4.78, 5) is 36.5. The first-order valence-corrected chi connectivity index (χ1v) is 7.04. The lowest BCUT2D eigenvalue weighted by molar-refractivity contribution is -0.143. The molecule has 0 spiro atoms. The Hall–Kier alpha value is -2.05. The molecule has 7 heteroatoms. The molecule has 0 aliphatic rings. The van der Waals surface area contributed by atoms with Crippen LogP contribution in [0.15, 0.2) is 12.7 Å². The number of amides is 2. The highest BCUT2D eigenvalue weighted by Gasteiger charge is 2.23. The maximum Gasteiger partial charge on any atom is 0.408 e. The summed E-state index contributed by atoms with van der Waals surface area (Å²) in [6.45, 7) is 10.6. The average molecular weight is 314 g/mol. The summed E-state index contributed by atoms with van der Waals surface area (Å²) in [5.41, 5.74) is -0.633. The van der Waals surface area contributed by atoms with Crippen LogP contribution in [0.4, 0.5) is 4.79 Å². The van der Waals surface area contributed by atoms with E-state index in [4.69, 9.17) is 4.74 Å². The first kappa shape index (κ1) is 19.9. The summed E-state index contributed by atoms with van der Waals surface area (Å²) in [6.07, 6.45) is 0.960. The SMILES string of the molecule is C=CCN(C(=O)CNC(=O)OC(C)(C)C)[C@H](C)CC(=O)OC. The van der Waals surface area contributed by atoms with Crippen molar-refractivity contribution in [3.8, 4) is 0 Å². The van der Waals surface area contributed by atoms with Crippen LogP contribution in [0.1, 0.15) is 34.1 Å². The van der Waals surface area contributed by atoms with Crippen LogP contribution in [0, 0.1) is 0 Å². The highest BCUT2D eigenvalue weighted by Crippen LogP contribution is 2.08. The molecule has 2 amide bonds. The number of carbonyl (C=O) groups excluding carboxylic acids is 3. The van der Waals surface area contributed by atoms with Crippen molar-refractivity contribution in [1.82, 2.24) is 10.2 Å². The molecule has 126 valence electrons. The van der Waals surface area contributed by atoms with Gasteiger partial charge in [-0.2, -0.15) is 0 Å². The molecule has 0 fully saturated rings. The summed E-state index contributed by atoms with van der Waals surface area (Å²) in [6, 6.07) is -0.363. The molecule has 0 heterocycles. The van der Waals surface area contributed by atoms with E-state index in [9.17, 15) is 14.4 Å². The molecule has 0 aromatic rings. The molecule has 0 rings (SSSR count). The van der Waals surface area contributed by atoms with E-state index in [1.54, 1.807) is 33.8 Å². The number of hydrogen-bond acceptors (Lipinski definition) is 5. The minimum Gasteiger partial charge on any atom is -0.469 e. The van der Waals surface area contributed by atoms with Crippen LogP contribution in [-0.2, 0) is 19.1 Å². The van der Waals surface area contributed by atoms with Gasteiger partial charge in [0.15, 0.2) is 0 Å². The molecule has 0 aromatic heterocycles. The zero-order valence-corrected chi connectivity index (χ0v) is 14.0. The molecule has 0 aromatic carbocycles. The largest absolute Gasteiger partial charge is 0.469 e. The van der Waals surface area contributed by atoms with E-state index >= 15 is 0 Å². The Morgan fingerprint density at radius 3 is 2.36 bits per heavy atom. The molecule has 0 aliphatic carbocycles. The molecule has 0 bridgehead atoms. The average Bonchev–Trinajstić information content (AvgIpc) is 2.39. The Morgan fingerprint density at radius 1 is 1.32 bits per heavy atom. The van der Waals surface area contributed by atoms with Gasteiger partial charge >= 0.3 is 12.1 Å². The summed E-state index contributed by atoms with van der Waals surface area (Å²) in [5, 5.41) is 2.40. The quantitative estimate of drug-likeness (QED) is 0.568. The number of nitrogens with zero attached hydrogens (tertiary/aromatic N) is 1. The van der Waals surface area contributed by atoms with Gasteiger partial charge in [-0.15, -0.1) is 6.58 Å². The van der Waals surface area contributed by atoms with E-state index in [0.717, 1.165) is 0 Å². The van der Waals surface area contributed by atoms with Crippen molar-refractivity contribution in [3.63, 3.8) is 0 Å². The number of alkyl carbamates (subject to hydrolysis) is 1. The predicted molar refractivity (Wildman–Crippen MR) is 82.2 cm³/mol. The van der Waals surface area contributed by atoms with E-state index in [2.05, 4.69) is 16.6 Å². The second-order valence-electron chi connectivity index (χ2n) is 5.82. The van der Waals surface area contributed by atoms with Gasteiger partial charge in [0.2, 0.25) is 5.91 Å². The molecular weight excluding hydrogens is 288 g/mol. The molecule has 0 saturated carbocycles. The van der Waals surface area contributed by atoms with Crippen LogP contribution in [0.3, 0.4) is 0 Å². The lowest BCUT2D eigenvalue weighted by atomic mass is 10.2. The predicted octanol–water partition coefficient (Wildman–Crippen LogP) is 1.48. The molecule has 22 heavy (non-hydrogen) atoms. The van der Waals surface area contributed by atoms with Crippen LogP contribution in [-0.4, -0.2) is 54.7 Å². The van der Waals surface area contributed by atoms with Crippen LogP contribution in [0.25, 0.3) is 0 Å². The maximum absolute atomic E-state index is 12.2. The lowest BCUT2D eigenvalue weighted by Gasteiger charge is -2.28. The van der Waals surface area contributed by atoms with Gasteiger partial charge in [-0.05, 0) is 27.7 Å². The number of methoxy groups -OCH3 is 1. The van der Waals surface area contributed by atoms with Crippen molar-refractivity contribution in [3.05, 3.63) is 12.7 Å². The van der Waals surface area contributed by atoms with Crippen LogP contribution in [0.5, 0.6) is 0 Å². The van der Waals surface area contributed by atoms with Crippen molar-refractivity contribution in [2.24, 2.45) is 0 Å². The monoisotopic (exact) mass is 314 g/mol. The Balaban J connectivity index is 4.56. The third-order valence-electron chi connectivity index (χ3n) is 2.65. The third-order valence-corrected chi connectivity index (χ3v) is 2.65. The summed E-state index contributed by atoms with van der Waals surface area (Å²) in [5.74, 6) is -0.739. The van der Waals surface area contributed by atoms with Gasteiger partial charge in [0.1, 0.15) is 12.1 Å². The van der Waals surface area contributed by atoms with Gasteiger partial charge in [0, 0.05) is 12.6 Å². The minimum absolute atomic E-state index is 0.0719. The Morgan fingerprint density at radius 2 is 1.91 bits per heavy atom. The number of rotatable bonds is 7. The fourth-order valence-corrected chi connectivity index (χ4v) is 1.66. The highest BCUT2D eigenvalue weighted by atomic mass is 16.6. The zero-order chi connectivity index (χ0) is 17.3. The number of hydrogen-bond donors (Lipinski definition) is 1. The zero-order valence-electron chi connectivity index (χ0n) is 14.0. The van der Waals surface area contributed by atoms with Crippen molar-refractivity contribution in [2.75, 3.05) is 20.2 Å². The molecular formula is C15H26N2O5. The second kappa shape index (κ2) is 9.07. The van der Waals surface area contributed by atoms with Crippen molar-refractivity contribution >= 4 is 18.0 Å². The van der Waals surface area contributed by atoms with Gasteiger partial charge in [-0.3, -0.25) is 9.59 Å². The van der Waals surface area contributed by atoms with E-state index < -0.39 is 17.7 Å². The standard InChI is InChI=1S/C15H26N2O5/c1-7-8-17(11(2)9-13(19)21-6)12(18)10-16-14(20)22-15(3,4)5/h7,11H,1,8-10H2,2-6H3,(H,16,20)/t11-/m1/s1. The first-order chi connectivity index (χ1) is 10.1. The maximum atomic E-state index is 12.2. The van der Waals surface area contributed by atoms with Gasteiger partial charge in [0.05, 0.1) is 13.5 Å². The number of esters is 1. The van der Waals surface area contributed by atoms with Crippen LogP contribution in [0.2, 0.25) is 0 Å². The molecule has 1 atom stereocenters. The van der Waals surface area contributed by atoms with Crippen LogP contribution >= 0.6 is 0 Å². The van der Waals surface area contributed by atoms with E-state index in [1.165, 1.54) is 12.0 Å². The smallest absolute Gasteiger partial charge is 0.408 e. The minimum atomic E-state index is -0.667. The summed E-state index contributed by atoms with van der Waals surface area (Å²) < 4.78 is 9.64. The fraction of sp³-hybridized carbons (Fsp3) is 0.667. The number of ether oxygens (including phenoxy) is 2. The van der Waals surface area contributed by atoms with E-state index in [1.807, 2.05) is 0 Å². The normalized spacial score (nSPS) is 12.0. The Labute approximate surface area is 131 Å². The van der Waals surface area contributed by atoms with Crippen molar-refractivity contribution < 1.29 is 23.9 Å². The molecule has 1 N–H and O–H groups in total. The number of carbonyl (C=O) groups is 3. The van der Waals surface area contributed by atoms with Gasteiger partial charge in [-0.1, -0.05) is 6.08 Å². The number of nitrogens with one attached hydrogen (secondary N) is 1. The second-order valence-corrected chi connectivity index (χ2v) is 5.82. The van der Waals surface area contributed by atoms with E-state index in [-0.39, 0.29) is 31.5 Å². The fourth-order valence-electron chi connectivity index (χ4n) is 1.66. The van der Waals surface area contributed by atoms with Gasteiger partial charge in [0.25, 0.3) is 0 Å². The highest BCUT2D eigenvalue weighted by molar-refractivity contribution is 5.83. The van der Waals surface area contributed by atoms with Crippen LogP contribution < -0.4 is 5.32 Å². The third kappa shape index (κ3) is 8.28. The van der Waals surface area contributed by atoms with Crippen molar-refractivity contribution in [1.29, 1.82) is 0 Å². The topological polar surface area (TPSA) is 84.9 Å². The Kier molecular flexibility index (Phi) is 8.22. The molecule has 0 saturated heterocycles. The molecule has 0 aliphatic heterocycles. The summed E-state index contributed by atoms with van der Waals surface area (Å²) in [7, 11) is 1.29. The molecule has 0 radical (unpaired) electrons. The van der Waals surface area contributed by atoms with Gasteiger partial charge < -0.3 is 19.7 Å². The summed E-state index contributed by atoms with van der Waals surface area (Å²) >= 11 is 0. The molecule has 0 unspecified atom stereocenters. The van der Waals surface area contributed by atoms with E-state index in [0.29, 0.717) is 0 Å². The lowest BCUT2D eigenvalue weighted by Crippen LogP contribution is -2.46. The first-order valence-electron chi connectivity index (χ1n) is 7.04. The van der Waals surface area contributed by atoms with Gasteiger partial charge in [-0.25, -0.2) is 4.79 Å². The van der Waals surface area contributed by atoms with Crippen molar-refractivity contribution in [2.45, 2.75) is 45.8 Å².